The number of carbonyl (C=O) groups is 1. The van der Waals surface area contributed by atoms with Crippen molar-refractivity contribution in [3.63, 3.8) is 0 Å². The fourth-order valence-electron chi connectivity index (χ4n) is 2.04. The van der Waals surface area contributed by atoms with Crippen molar-refractivity contribution in [1.82, 2.24) is 10.6 Å². The van der Waals surface area contributed by atoms with Gasteiger partial charge in [-0.15, -0.1) is 0 Å². The van der Waals surface area contributed by atoms with Gasteiger partial charge in [-0.05, 0) is 11.1 Å². The maximum Gasteiger partial charge on any atom is 0.405 e. The molecule has 2 rings (SSSR count). The van der Waals surface area contributed by atoms with E-state index in [0.29, 0.717) is 13.1 Å². The van der Waals surface area contributed by atoms with Gasteiger partial charge >= 0.3 is 6.09 Å². The summed E-state index contributed by atoms with van der Waals surface area (Å²) in [7, 11) is 0. The zero-order valence-corrected chi connectivity index (χ0v) is 11.1. The molecule has 0 saturated carbocycles. The highest BCUT2D eigenvalue weighted by molar-refractivity contribution is 5.65. The first-order valence-corrected chi connectivity index (χ1v) is 6.55. The van der Waals surface area contributed by atoms with Crippen molar-refractivity contribution >= 4 is 6.09 Å². The molecular weight excluding hydrogens is 252 g/mol. The summed E-state index contributed by atoms with van der Waals surface area (Å²) in [6.45, 7) is 1.26. The van der Waals surface area contributed by atoms with E-state index in [1.54, 1.807) is 0 Å². The average molecular weight is 270 g/mol. The third-order valence-electron chi connectivity index (χ3n) is 3.02. The summed E-state index contributed by atoms with van der Waals surface area (Å²) in [6, 6.07) is 19.3. The van der Waals surface area contributed by atoms with E-state index in [2.05, 4.69) is 10.6 Å². The first-order chi connectivity index (χ1) is 9.75. The van der Waals surface area contributed by atoms with Crippen LogP contribution in [-0.4, -0.2) is 17.7 Å². The predicted octanol–water partition coefficient (Wildman–Crippen LogP) is 2.79. The minimum Gasteiger partial charge on any atom is -0.465 e. The number of benzene rings is 2. The van der Waals surface area contributed by atoms with E-state index in [-0.39, 0.29) is 6.04 Å². The van der Waals surface area contributed by atoms with Crippen LogP contribution in [0.3, 0.4) is 0 Å². The molecule has 0 aliphatic heterocycles. The van der Waals surface area contributed by atoms with Crippen molar-refractivity contribution in [3.05, 3.63) is 71.8 Å². The van der Waals surface area contributed by atoms with E-state index >= 15 is 0 Å². The van der Waals surface area contributed by atoms with Gasteiger partial charge in [-0.1, -0.05) is 60.7 Å². The van der Waals surface area contributed by atoms with Gasteiger partial charge in [0.1, 0.15) is 0 Å². The molecule has 1 amide bonds. The number of hydrogen-bond acceptors (Lipinski definition) is 2. The Labute approximate surface area is 118 Å². The van der Waals surface area contributed by atoms with Gasteiger partial charge in [0.05, 0.1) is 6.04 Å². The van der Waals surface area contributed by atoms with Gasteiger partial charge in [-0.2, -0.15) is 0 Å². The van der Waals surface area contributed by atoms with E-state index < -0.39 is 6.09 Å². The molecule has 0 spiro atoms. The van der Waals surface area contributed by atoms with Gasteiger partial charge in [0, 0.05) is 13.1 Å². The molecule has 20 heavy (non-hydrogen) atoms. The zero-order valence-electron chi connectivity index (χ0n) is 11.1. The quantitative estimate of drug-likeness (QED) is 0.756. The van der Waals surface area contributed by atoms with Crippen LogP contribution in [0.5, 0.6) is 0 Å². The largest absolute Gasteiger partial charge is 0.465 e. The second kappa shape index (κ2) is 7.31. The molecule has 0 aliphatic rings. The molecule has 0 aliphatic carbocycles. The Hall–Kier alpha value is -2.33. The Morgan fingerprint density at radius 1 is 1.00 bits per heavy atom. The first kappa shape index (κ1) is 14.1. The molecule has 104 valence electrons. The van der Waals surface area contributed by atoms with Crippen LogP contribution >= 0.6 is 0 Å². The Kier molecular flexibility index (Phi) is 5.15. The Bertz CT molecular complexity index is 529. The second-order valence-corrected chi connectivity index (χ2v) is 4.53. The molecule has 2 aromatic carbocycles. The minimum absolute atomic E-state index is 0.252. The van der Waals surface area contributed by atoms with Crippen LogP contribution in [0.1, 0.15) is 17.2 Å². The summed E-state index contributed by atoms with van der Waals surface area (Å²) in [5, 5.41) is 14.7. The molecule has 4 heteroatoms. The molecule has 1 atom stereocenters. The number of nitrogens with one attached hydrogen (secondary N) is 2. The van der Waals surface area contributed by atoms with Crippen LogP contribution in [0.4, 0.5) is 4.79 Å². The molecule has 0 heterocycles. The molecule has 0 fully saturated rings. The first-order valence-electron chi connectivity index (χ1n) is 6.55. The molecule has 0 bridgehead atoms. The Morgan fingerprint density at radius 3 is 2.20 bits per heavy atom. The highest BCUT2D eigenvalue weighted by Gasteiger charge is 2.12. The maximum absolute atomic E-state index is 10.9. The molecule has 0 saturated heterocycles. The van der Waals surface area contributed by atoms with Crippen molar-refractivity contribution in [1.29, 1.82) is 0 Å². The standard InChI is InChI=1S/C16H18N2O2/c19-16(20)18-15(14-9-5-2-6-10-14)12-17-11-13-7-3-1-4-8-13/h1-10,15,17-18H,11-12H2,(H,19,20). The van der Waals surface area contributed by atoms with E-state index in [4.69, 9.17) is 5.11 Å². The number of carboxylic acid groups (broad SMARTS) is 1. The lowest BCUT2D eigenvalue weighted by atomic mass is 10.1. The van der Waals surface area contributed by atoms with Gasteiger partial charge in [0.25, 0.3) is 0 Å². The Balaban J connectivity index is 1.93. The lowest BCUT2D eigenvalue weighted by Gasteiger charge is -2.18. The van der Waals surface area contributed by atoms with Crippen LogP contribution < -0.4 is 10.6 Å². The molecule has 2 aromatic rings. The molecule has 4 nitrogen and oxygen atoms in total. The smallest absolute Gasteiger partial charge is 0.405 e. The van der Waals surface area contributed by atoms with Crippen molar-refractivity contribution < 1.29 is 9.90 Å². The normalized spacial score (nSPS) is 11.8. The van der Waals surface area contributed by atoms with Crippen LogP contribution in [0, 0.1) is 0 Å². The zero-order chi connectivity index (χ0) is 14.2. The van der Waals surface area contributed by atoms with Crippen molar-refractivity contribution in [2.24, 2.45) is 0 Å². The third-order valence-corrected chi connectivity index (χ3v) is 3.02. The topological polar surface area (TPSA) is 61.4 Å². The minimum atomic E-state index is -1.01. The van der Waals surface area contributed by atoms with Crippen molar-refractivity contribution in [3.8, 4) is 0 Å². The summed E-state index contributed by atoms with van der Waals surface area (Å²) >= 11 is 0. The molecule has 1 unspecified atom stereocenters. The monoisotopic (exact) mass is 270 g/mol. The summed E-state index contributed by atoms with van der Waals surface area (Å²) in [5.74, 6) is 0. The van der Waals surface area contributed by atoms with Gasteiger partial charge in [-0.3, -0.25) is 0 Å². The lowest BCUT2D eigenvalue weighted by Crippen LogP contribution is -2.34. The average Bonchev–Trinajstić information content (AvgIpc) is 2.48. The number of rotatable bonds is 6. The maximum atomic E-state index is 10.9. The molecule has 0 radical (unpaired) electrons. The lowest BCUT2D eigenvalue weighted by molar-refractivity contribution is 0.189. The van der Waals surface area contributed by atoms with Crippen LogP contribution in [0.15, 0.2) is 60.7 Å². The third kappa shape index (κ3) is 4.40. The van der Waals surface area contributed by atoms with E-state index in [1.807, 2.05) is 60.7 Å². The summed E-state index contributed by atoms with van der Waals surface area (Å²) in [4.78, 5) is 10.9. The Morgan fingerprint density at radius 2 is 1.60 bits per heavy atom. The predicted molar refractivity (Wildman–Crippen MR) is 78.5 cm³/mol. The van der Waals surface area contributed by atoms with Crippen molar-refractivity contribution in [2.75, 3.05) is 6.54 Å². The SMILES string of the molecule is O=C(O)NC(CNCc1ccccc1)c1ccccc1. The van der Waals surface area contributed by atoms with Crippen molar-refractivity contribution in [2.45, 2.75) is 12.6 Å². The van der Waals surface area contributed by atoms with Crippen LogP contribution in [-0.2, 0) is 6.54 Å². The molecule has 0 aromatic heterocycles. The number of hydrogen-bond donors (Lipinski definition) is 3. The fraction of sp³-hybridized carbons (Fsp3) is 0.188. The summed E-state index contributed by atoms with van der Waals surface area (Å²) < 4.78 is 0. The summed E-state index contributed by atoms with van der Waals surface area (Å²) in [6.07, 6.45) is -1.01. The summed E-state index contributed by atoms with van der Waals surface area (Å²) in [5.41, 5.74) is 2.13. The van der Waals surface area contributed by atoms with Gasteiger partial charge in [0.2, 0.25) is 0 Å². The van der Waals surface area contributed by atoms with Crippen LogP contribution in [0.25, 0.3) is 0 Å². The second-order valence-electron chi connectivity index (χ2n) is 4.53. The van der Waals surface area contributed by atoms with E-state index in [9.17, 15) is 4.79 Å². The highest BCUT2D eigenvalue weighted by atomic mass is 16.4. The molecular formula is C16H18N2O2. The highest BCUT2D eigenvalue weighted by Crippen LogP contribution is 2.11. The van der Waals surface area contributed by atoms with E-state index in [1.165, 1.54) is 5.56 Å². The van der Waals surface area contributed by atoms with Crippen LogP contribution in [0.2, 0.25) is 0 Å². The fourth-order valence-corrected chi connectivity index (χ4v) is 2.04. The van der Waals surface area contributed by atoms with Gasteiger partial charge < -0.3 is 15.7 Å². The number of amides is 1. The van der Waals surface area contributed by atoms with Gasteiger partial charge in [0.15, 0.2) is 0 Å². The van der Waals surface area contributed by atoms with E-state index in [0.717, 1.165) is 5.56 Å². The molecule has 3 N–H and O–H groups in total. The van der Waals surface area contributed by atoms with Gasteiger partial charge in [-0.25, -0.2) is 4.79 Å².